The molecular formula is C16H18N2OS. The molecule has 0 amide bonds. The number of para-hydroxylation sites is 1. The third kappa shape index (κ3) is 2.75. The Morgan fingerprint density at radius 3 is 2.80 bits per heavy atom. The van der Waals surface area contributed by atoms with E-state index in [1.54, 1.807) is 6.20 Å². The zero-order valence-electron chi connectivity index (χ0n) is 11.5. The van der Waals surface area contributed by atoms with Crippen LogP contribution in [0.3, 0.4) is 0 Å². The van der Waals surface area contributed by atoms with Crippen molar-refractivity contribution in [2.24, 2.45) is 0 Å². The Kier molecular flexibility index (Phi) is 4.11. The standard InChI is InChI=1S/C16H18N2OS/c1-2-3-9-16-18(13-7-5-4-6-8-13)12-15(20-16)14-10-11-17-19-14/h4-8,10-12,16H,2-3,9H2,1H3. The summed E-state index contributed by atoms with van der Waals surface area (Å²) in [6.07, 6.45) is 7.50. The van der Waals surface area contributed by atoms with Crippen molar-refractivity contribution in [1.29, 1.82) is 0 Å². The Hall–Kier alpha value is -1.68. The molecule has 0 radical (unpaired) electrons. The second-order valence-corrected chi connectivity index (χ2v) is 6.05. The average Bonchev–Trinajstić information content (AvgIpc) is 3.15. The van der Waals surface area contributed by atoms with Crippen LogP contribution in [0.15, 0.2) is 53.3 Å². The fraction of sp³-hybridized carbons (Fsp3) is 0.312. The summed E-state index contributed by atoms with van der Waals surface area (Å²) in [5.41, 5.74) is 1.23. The first kappa shape index (κ1) is 13.3. The molecule has 0 spiro atoms. The summed E-state index contributed by atoms with van der Waals surface area (Å²) in [5.74, 6) is 0.856. The van der Waals surface area contributed by atoms with Gasteiger partial charge < -0.3 is 9.42 Å². The van der Waals surface area contributed by atoms with E-state index in [9.17, 15) is 0 Å². The molecule has 1 aliphatic heterocycles. The molecule has 1 unspecified atom stereocenters. The molecule has 0 fully saturated rings. The second-order valence-electron chi connectivity index (χ2n) is 4.83. The lowest BCUT2D eigenvalue weighted by Gasteiger charge is -2.24. The fourth-order valence-corrected chi connectivity index (χ4v) is 3.60. The highest BCUT2D eigenvalue weighted by atomic mass is 32.2. The second kappa shape index (κ2) is 6.18. The molecule has 104 valence electrons. The van der Waals surface area contributed by atoms with Gasteiger partial charge in [-0.3, -0.25) is 0 Å². The first-order chi connectivity index (χ1) is 9.88. The number of rotatable bonds is 5. The van der Waals surface area contributed by atoms with E-state index in [0.717, 1.165) is 10.7 Å². The Balaban J connectivity index is 1.86. The number of nitrogens with zero attached hydrogens (tertiary/aromatic N) is 2. The van der Waals surface area contributed by atoms with Crippen molar-refractivity contribution < 1.29 is 4.52 Å². The van der Waals surface area contributed by atoms with Crippen molar-refractivity contribution in [1.82, 2.24) is 5.16 Å². The number of benzene rings is 1. The van der Waals surface area contributed by atoms with Crippen molar-refractivity contribution in [3.63, 3.8) is 0 Å². The summed E-state index contributed by atoms with van der Waals surface area (Å²) in [5, 5.41) is 4.25. The minimum atomic E-state index is 0.442. The van der Waals surface area contributed by atoms with Gasteiger partial charge in [-0.25, -0.2) is 0 Å². The molecule has 2 heterocycles. The number of anilines is 1. The van der Waals surface area contributed by atoms with Gasteiger partial charge in [0.1, 0.15) is 0 Å². The number of hydrogen-bond donors (Lipinski definition) is 0. The molecule has 0 bridgehead atoms. The smallest absolute Gasteiger partial charge is 0.174 e. The molecule has 0 N–H and O–H groups in total. The van der Waals surface area contributed by atoms with Crippen LogP contribution in [0.2, 0.25) is 0 Å². The average molecular weight is 286 g/mol. The summed E-state index contributed by atoms with van der Waals surface area (Å²) in [6, 6.07) is 12.4. The third-order valence-electron chi connectivity index (χ3n) is 3.37. The van der Waals surface area contributed by atoms with Gasteiger partial charge in [0.15, 0.2) is 5.76 Å². The van der Waals surface area contributed by atoms with Gasteiger partial charge in [0.25, 0.3) is 0 Å². The zero-order valence-corrected chi connectivity index (χ0v) is 12.3. The molecule has 1 aromatic carbocycles. The van der Waals surface area contributed by atoms with Crippen LogP contribution in [0.5, 0.6) is 0 Å². The minimum Gasteiger partial charge on any atom is -0.356 e. The van der Waals surface area contributed by atoms with Crippen molar-refractivity contribution in [2.75, 3.05) is 4.90 Å². The summed E-state index contributed by atoms with van der Waals surface area (Å²) < 4.78 is 5.29. The van der Waals surface area contributed by atoms with E-state index in [2.05, 4.69) is 53.5 Å². The summed E-state index contributed by atoms with van der Waals surface area (Å²) >= 11 is 1.86. The van der Waals surface area contributed by atoms with E-state index >= 15 is 0 Å². The molecule has 1 aromatic heterocycles. The van der Waals surface area contributed by atoms with Gasteiger partial charge in [-0.15, -0.1) is 0 Å². The van der Waals surface area contributed by atoms with Crippen molar-refractivity contribution >= 4 is 22.4 Å². The molecule has 0 aliphatic carbocycles. The zero-order chi connectivity index (χ0) is 13.8. The predicted molar refractivity (Wildman–Crippen MR) is 84.3 cm³/mol. The Morgan fingerprint density at radius 1 is 1.25 bits per heavy atom. The van der Waals surface area contributed by atoms with Crippen LogP contribution in [0.1, 0.15) is 31.9 Å². The minimum absolute atomic E-state index is 0.442. The normalized spacial score (nSPS) is 18.4. The van der Waals surface area contributed by atoms with Gasteiger partial charge in [-0.1, -0.05) is 54.9 Å². The van der Waals surface area contributed by atoms with Crippen LogP contribution < -0.4 is 4.90 Å². The SMILES string of the molecule is CCCCC1SC(c2ccno2)=CN1c1ccccc1. The number of thioether (sulfide) groups is 1. The number of aromatic nitrogens is 1. The molecule has 1 atom stereocenters. The fourth-order valence-electron chi connectivity index (χ4n) is 2.33. The van der Waals surface area contributed by atoms with Crippen LogP contribution in [0.4, 0.5) is 5.69 Å². The molecule has 3 nitrogen and oxygen atoms in total. The largest absolute Gasteiger partial charge is 0.356 e. The third-order valence-corrected chi connectivity index (χ3v) is 4.66. The molecule has 1 aliphatic rings. The highest BCUT2D eigenvalue weighted by molar-refractivity contribution is 8.09. The molecular weight excluding hydrogens is 268 g/mol. The van der Waals surface area contributed by atoms with E-state index in [0.29, 0.717) is 5.37 Å². The molecule has 0 saturated heterocycles. The monoisotopic (exact) mass is 286 g/mol. The van der Waals surface area contributed by atoms with E-state index < -0.39 is 0 Å². The topological polar surface area (TPSA) is 29.3 Å². The molecule has 2 aromatic rings. The lowest BCUT2D eigenvalue weighted by molar-refractivity contribution is 0.412. The maximum Gasteiger partial charge on any atom is 0.174 e. The van der Waals surface area contributed by atoms with Crippen LogP contribution in [-0.4, -0.2) is 10.5 Å². The van der Waals surface area contributed by atoms with E-state index in [-0.39, 0.29) is 0 Å². The van der Waals surface area contributed by atoms with E-state index in [1.807, 2.05) is 17.8 Å². The number of unbranched alkanes of at least 4 members (excludes halogenated alkanes) is 1. The highest BCUT2D eigenvalue weighted by Crippen LogP contribution is 2.43. The van der Waals surface area contributed by atoms with Gasteiger partial charge in [0.05, 0.1) is 16.5 Å². The summed E-state index contributed by atoms with van der Waals surface area (Å²) in [6.45, 7) is 2.23. The summed E-state index contributed by atoms with van der Waals surface area (Å²) in [7, 11) is 0. The maximum absolute atomic E-state index is 5.29. The van der Waals surface area contributed by atoms with Crippen LogP contribution in [0, 0.1) is 0 Å². The van der Waals surface area contributed by atoms with Gasteiger partial charge in [0.2, 0.25) is 0 Å². The maximum atomic E-state index is 5.29. The van der Waals surface area contributed by atoms with Crippen LogP contribution in [-0.2, 0) is 0 Å². The lowest BCUT2D eigenvalue weighted by atomic mass is 10.2. The van der Waals surface area contributed by atoms with Gasteiger partial charge in [-0.05, 0) is 18.6 Å². The van der Waals surface area contributed by atoms with E-state index in [4.69, 9.17) is 4.52 Å². The Morgan fingerprint density at radius 2 is 2.10 bits per heavy atom. The predicted octanol–water partition coefficient (Wildman–Crippen LogP) is 4.74. The van der Waals surface area contributed by atoms with Crippen molar-refractivity contribution in [3.05, 3.63) is 54.6 Å². The van der Waals surface area contributed by atoms with Gasteiger partial charge in [0, 0.05) is 18.0 Å². The molecule has 0 saturated carbocycles. The molecule has 4 heteroatoms. The molecule has 20 heavy (non-hydrogen) atoms. The van der Waals surface area contributed by atoms with Gasteiger partial charge in [-0.2, -0.15) is 0 Å². The van der Waals surface area contributed by atoms with Gasteiger partial charge >= 0.3 is 0 Å². The first-order valence-corrected chi connectivity index (χ1v) is 7.89. The Labute approximate surface area is 123 Å². The van der Waals surface area contributed by atoms with Crippen molar-refractivity contribution in [2.45, 2.75) is 31.6 Å². The summed E-state index contributed by atoms with van der Waals surface area (Å²) in [4.78, 5) is 3.51. The lowest BCUT2D eigenvalue weighted by Crippen LogP contribution is -2.23. The van der Waals surface area contributed by atoms with Crippen LogP contribution >= 0.6 is 11.8 Å². The number of hydrogen-bond acceptors (Lipinski definition) is 4. The van der Waals surface area contributed by atoms with Crippen LogP contribution in [0.25, 0.3) is 4.91 Å². The quantitative estimate of drug-likeness (QED) is 0.793. The highest BCUT2D eigenvalue weighted by Gasteiger charge is 2.28. The Bertz CT molecular complexity index is 565. The molecule has 3 rings (SSSR count). The van der Waals surface area contributed by atoms with Crippen molar-refractivity contribution in [3.8, 4) is 0 Å². The van der Waals surface area contributed by atoms with E-state index in [1.165, 1.54) is 24.9 Å². The first-order valence-electron chi connectivity index (χ1n) is 7.01.